The van der Waals surface area contributed by atoms with Gasteiger partial charge >= 0.3 is 0 Å². The topological polar surface area (TPSA) is 62.1 Å². The summed E-state index contributed by atoms with van der Waals surface area (Å²) < 4.78 is 39.8. The summed E-state index contributed by atoms with van der Waals surface area (Å²) >= 11 is 0. The van der Waals surface area contributed by atoms with Crippen LogP contribution in [0.5, 0.6) is 0 Å². The summed E-state index contributed by atoms with van der Waals surface area (Å²) in [5, 5.41) is 0. The van der Waals surface area contributed by atoms with Crippen LogP contribution in [0, 0.1) is 5.82 Å². The summed E-state index contributed by atoms with van der Waals surface area (Å²) in [6.07, 6.45) is 3.27. The molecular weight excluding hydrogens is 369 g/mol. The van der Waals surface area contributed by atoms with Gasteiger partial charge in [-0.05, 0) is 57.4 Å². The van der Waals surface area contributed by atoms with E-state index in [9.17, 15) is 17.6 Å². The fraction of sp³-hybridized carbons (Fsp3) is 0.632. The lowest BCUT2D eigenvalue weighted by Gasteiger charge is -2.40. The molecule has 0 saturated carbocycles. The number of likely N-dealkylation sites (tertiary alicyclic amines) is 1. The van der Waals surface area contributed by atoms with E-state index in [2.05, 4.69) is 13.8 Å². The molecule has 27 heavy (non-hydrogen) atoms. The average Bonchev–Trinajstić information content (AvgIpc) is 2.62. The number of benzene rings is 1. The zero-order valence-corrected chi connectivity index (χ0v) is 16.8. The van der Waals surface area contributed by atoms with Crippen molar-refractivity contribution in [2.45, 2.75) is 50.1 Å². The summed E-state index contributed by atoms with van der Waals surface area (Å²) in [6.45, 7) is 6.57. The summed E-state index contributed by atoms with van der Waals surface area (Å²) in [4.78, 5) is 16.0. The maximum absolute atomic E-state index is 13.1. The lowest BCUT2D eigenvalue weighted by Crippen LogP contribution is -3.15. The molecule has 2 fully saturated rings. The number of nitrogens with zero attached hydrogens (tertiary/aromatic N) is 2. The Bertz CT molecular complexity index is 751. The van der Waals surface area contributed by atoms with Gasteiger partial charge in [-0.15, -0.1) is 0 Å². The number of piperazine rings is 1. The van der Waals surface area contributed by atoms with Gasteiger partial charge in [-0.3, -0.25) is 4.79 Å². The molecule has 3 rings (SSSR count). The molecule has 1 amide bonds. The number of quaternary nitrogens is 1. The molecule has 2 aliphatic rings. The Balaban J connectivity index is 1.57. The third kappa shape index (κ3) is 4.50. The molecule has 2 atom stereocenters. The van der Waals surface area contributed by atoms with E-state index in [0.717, 1.165) is 29.9 Å². The second kappa shape index (κ2) is 8.24. The van der Waals surface area contributed by atoms with Gasteiger partial charge in [0.15, 0.2) is 6.54 Å². The van der Waals surface area contributed by atoms with Gasteiger partial charge in [-0.1, -0.05) is 0 Å². The third-order valence-corrected chi connectivity index (χ3v) is 7.68. The molecule has 1 N–H and O–H groups in total. The van der Waals surface area contributed by atoms with E-state index in [-0.39, 0.29) is 22.9 Å². The van der Waals surface area contributed by atoms with Crippen molar-refractivity contribution in [3.8, 4) is 0 Å². The van der Waals surface area contributed by atoms with E-state index < -0.39 is 15.8 Å². The third-order valence-electron chi connectivity index (χ3n) is 5.76. The number of nitrogens with one attached hydrogen (secondary N) is 1. The molecule has 1 aromatic rings. The molecule has 0 bridgehead atoms. The minimum Gasteiger partial charge on any atom is -0.332 e. The first-order chi connectivity index (χ1) is 12.8. The van der Waals surface area contributed by atoms with Crippen molar-refractivity contribution in [1.29, 1.82) is 0 Å². The predicted molar refractivity (Wildman–Crippen MR) is 100 cm³/mol. The Labute approximate surface area is 161 Å². The highest BCUT2D eigenvalue weighted by atomic mass is 32.2. The Morgan fingerprint density at radius 2 is 1.67 bits per heavy atom. The van der Waals surface area contributed by atoms with Crippen molar-refractivity contribution in [2.75, 3.05) is 32.7 Å². The Morgan fingerprint density at radius 1 is 1.11 bits per heavy atom. The van der Waals surface area contributed by atoms with Gasteiger partial charge in [0.25, 0.3) is 5.91 Å². The number of sulfonamides is 1. The van der Waals surface area contributed by atoms with Gasteiger partial charge in [-0.2, -0.15) is 4.31 Å². The quantitative estimate of drug-likeness (QED) is 0.804. The van der Waals surface area contributed by atoms with E-state index in [1.807, 2.05) is 4.90 Å². The van der Waals surface area contributed by atoms with Crippen molar-refractivity contribution in [3.63, 3.8) is 0 Å². The molecule has 2 aliphatic heterocycles. The lowest BCUT2D eigenvalue weighted by molar-refractivity contribution is -0.896. The second-order valence-corrected chi connectivity index (χ2v) is 9.65. The second-order valence-electron chi connectivity index (χ2n) is 7.71. The van der Waals surface area contributed by atoms with Crippen LogP contribution in [-0.4, -0.2) is 68.3 Å². The van der Waals surface area contributed by atoms with Gasteiger partial charge in [-0.25, -0.2) is 12.8 Å². The molecule has 0 radical (unpaired) electrons. The largest absolute Gasteiger partial charge is 0.332 e. The van der Waals surface area contributed by atoms with E-state index >= 15 is 0 Å². The van der Waals surface area contributed by atoms with Gasteiger partial charge in [0.05, 0.1) is 31.1 Å². The van der Waals surface area contributed by atoms with Crippen LogP contribution < -0.4 is 4.90 Å². The smallest absolute Gasteiger partial charge is 0.278 e. The van der Waals surface area contributed by atoms with Crippen LogP contribution in [0.1, 0.15) is 33.1 Å². The fourth-order valence-electron chi connectivity index (χ4n) is 4.19. The van der Waals surface area contributed by atoms with Crippen molar-refractivity contribution in [2.24, 2.45) is 0 Å². The molecule has 0 unspecified atom stereocenters. The monoisotopic (exact) mass is 398 g/mol. The number of carbonyl (C=O) groups is 1. The molecule has 0 aliphatic carbocycles. The SMILES string of the molecule is C[C@@H]1CCC[C@H](C)N1C(=O)C[NH+]1CCN(S(=O)(=O)c2ccc(F)cc2)CC1. The van der Waals surface area contributed by atoms with Gasteiger partial charge in [0.1, 0.15) is 5.82 Å². The summed E-state index contributed by atoms with van der Waals surface area (Å²) in [7, 11) is -3.61. The van der Waals surface area contributed by atoms with Crippen molar-refractivity contribution in [1.82, 2.24) is 9.21 Å². The van der Waals surface area contributed by atoms with Crippen molar-refractivity contribution < 1.29 is 22.5 Å². The minimum atomic E-state index is -3.61. The fourth-order valence-corrected chi connectivity index (χ4v) is 5.63. The van der Waals surface area contributed by atoms with Crippen LogP contribution in [0.3, 0.4) is 0 Å². The average molecular weight is 399 g/mol. The van der Waals surface area contributed by atoms with Crippen LogP contribution in [-0.2, 0) is 14.8 Å². The first-order valence-corrected chi connectivity index (χ1v) is 11.1. The number of amides is 1. The molecular formula is C19H29FN3O3S+. The Morgan fingerprint density at radius 3 is 2.22 bits per heavy atom. The zero-order valence-electron chi connectivity index (χ0n) is 16.0. The molecule has 6 nitrogen and oxygen atoms in total. The predicted octanol–water partition coefficient (Wildman–Crippen LogP) is 0.504. The Kier molecular flexibility index (Phi) is 6.18. The maximum atomic E-state index is 13.1. The molecule has 150 valence electrons. The molecule has 0 spiro atoms. The molecule has 2 saturated heterocycles. The molecule has 2 heterocycles. The van der Waals surface area contributed by atoms with Gasteiger partial charge in [0, 0.05) is 12.1 Å². The molecule has 1 aromatic carbocycles. The van der Waals surface area contributed by atoms with E-state index in [4.69, 9.17) is 0 Å². The minimum absolute atomic E-state index is 0.111. The van der Waals surface area contributed by atoms with E-state index in [0.29, 0.717) is 32.7 Å². The van der Waals surface area contributed by atoms with Crippen LogP contribution in [0.2, 0.25) is 0 Å². The highest BCUT2D eigenvalue weighted by Gasteiger charge is 2.34. The molecule has 0 aromatic heterocycles. The Hall–Kier alpha value is -1.51. The normalized spacial score (nSPS) is 25.5. The van der Waals surface area contributed by atoms with Gasteiger partial charge < -0.3 is 9.80 Å². The van der Waals surface area contributed by atoms with Crippen LogP contribution in [0.15, 0.2) is 29.2 Å². The standard InChI is InChI=1S/C19H28FN3O3S/c1-15-4-3-5-16(2)23(15)19(24)14-21-10-12-22(13-11-21)27(25,26)18-8-6-17(20)7-9-18/h6-9,15-16H,3-5,10-14H2,1-2H3/p+1/t15-,16+. The number of rotatable bonds is 4. The summed E-state index contributed by atoms with van der Waals surface area (Å²) in [5.74, 6) is -0.289. The first kappa shape index (κ1) is 20.2. The van der Waals surface area contributed by atoms with Crippen molar-refractivity contribution >= 4 is 15.9 Å². The van der Waals surface area contributed by atoms with E-state index in [1.54, 1.807) is 0 Å². The number of hydrogen-bond donors (Lipinski definition) is 1. The van der Waals surface area contributed by atoms with Crippen LogP contribution in [0.4, 0.5) is 4.39 Å². The van der Waals surface area contributed by atoms with Crippen molar-refractivity contribution in [3.05, 3.63) is 30.1 Å². The van der Waals surface area contributed by atoms with E-state index in [1.165, 1.54) is 22.9 Å². The number of carbonyl (C=O) groups excluding carboxylic acids is 1. The lowest BCUT2D eigenvalue weighted by atomic mass is 9.97. The van der Waals surface area contributed by atoms with Gasteiger partial charge in [0.2, 0.25) is 10.0 Å². The highest BCUT2D eigenvalue weighted by Crippen LogP contribution is 2.22. The number of piperidine rings is 1. The first-order valence-electron chi connectivity index (χ1n) is 9.69. The molecule has 8 heteroatoms. The maximum Gasteiger partial charge on any atom is 0.278 e. The number of hydrogen-bond acceptors (Lipinski definition) is 3. The summed E-state index contributed by atoms with van der Waals surface area (Å²) in [5.41, 5.74) is 0. The van der Waals surface area contributed by atoms with Crippen LogP contribution >= 0.6 is 0 Å². The highest BCUT2D eigenvalue weighted by molar-refractivity contribution is 7.89. The summed E-state index contributed by atoms with van der Waals surface area (Å²) in [6, 6.07) is 5.47. The van der Waals surface area contributed by atoms with Crippen LogP contribution in [0.25, 0.3) is 0 Å². The number of halogens is 1. The zero-order chi connectivity index (χ0) is 19.6.